The highest BCUT2D eigenvalue weighted by Crippen LogP contribution is 2.46. The second kappa shape index (κ2) is 9.76. The fourth-order valence-electron chi connectivity index (χ4n) is 3.28. The van der Waals surface area contributed by atoms with Gasteiger partial charge in [-0.25, -0.2) is 4.79 Å². The van der Waals surface area contributed by atoms with E-state index in [0.717, 1.165) is 5.56 Å². The molecule has 0 saturated carbocycles. The van der Waals surface area contributed by atoms with Crippen LogP contribution < -0.4 is 5.32 Å². The van der Waals surface area contributed by atoms with Crippen LogP contribution in [-0.2, 0) is 19.7 Å². The molecule has 0 aromatic heterocycles. The molecule has 1 amide bonds. The lowest BCUT2D eigenvalue weighted by Crippen LogP contribution is -2.54. The van der Waals surface area contributed by atoms with Gasteiger partial charge in [0.15, 0.2) is 0 Å². The topological polar surface area (TPSA) is 72.5 Å². The van der Waals surface area contributed by atoms with Crippen LogP contribution in [0.25, 0.3) is 0 Å². The molecular formula is C25H39NO4S. The van der Waals surface area contributed by atoms with E-state index in [4.69, 9.17) is 4.74 Å². The van der Waals surface area contributed by atoms with Gasteiger partial charge >= 0.3 is 6.09 Å². The lowest BCUT2D eigenvalue weighted by Gasteiger charge is -2.42. The van der Waals surface area contributed by atoms with Crippen LogP contribution in [0.5, 0.6) is 0 Å². The summed E-state index contributed by atoms with van der Waals surface area (Å²) in [6, 6.07) is 8.83. The summed E-state index contributed by atoms with van der Waals surface area (Å²) in [6.45, 7) is 18.7. The number of ketones is 1. The van der Waals surface area contributed by atoms with Crippen molar-refractivity contribution in [1.29, 1.82) is 0 Å². The third-order valence-electron chi connectivity index (χ3n) is 5.81. The lowest BCUT2D eigenvalue weighted by molar-refractivity contribution is -0.119. The fraction of sp³-hybridized carbons (Fsp3) is 0.640. The van der Waals surface area contributed by atoms with Crippen LogP contribution in [0, 0.1) is 5.41 Å². The van der Waals surface area contributed by atoms with Crippen molar-refractivity contribution in [3.8, 4) is 0 Å². The Labute approximate surface area is 192 Å². The normalized spacial score (nSPS) is 14.0. The molecule has 0 aliphatic rings. The zero-order valence-corrected chi connectivity index (χ0v) is 21.5. The van der Waals surface area contributed by atoms with E-state index in [2.05, 4.69) is 5.32 Å². The summed E-state index contributed by atoms with van der Waals surface area (Å²) in [5.41, 5.74) is -0.828. The molecule has 6 heteroatoms. The Kier molecular flexibility index (Phi) is 8.57. The summed E-state index contributed by atoms with van der Waals surface area (Å²) < 4.78 is 4.91. The minimum Gasteiger partial charge on any atom is -0.444 e. The number of hydrogen-bond donors (Lipinski definition) is 1. The van der Waals surface area contributed by atoms with Gasteiger partial charge in [0.2, 0.25) is 5.12 Å². The van der Waals surface area contributed by atoms with Crippen molar-refractivity contribution in [2.75, 3.05) is 0 Å². The number of ether oxygens (including phenoxy) is 1. The summed E-state index contributed by atoms with van der Waals surface area (Å²) in [5, 5.41) is 2.66. The van der Waals surface area contributed by atoms with E-state index in [-0.39, 0.29) is 10.9 Å². The maximum atomic E-state index is 13.6. The van der Waals surface area contributed by atoms with Gasteiger partial charge < -0.3 is 14.8 Å². The number of amides is 1. The Hall–Kier alpha value is -1.82. The van der Waals surface area contributed by atoms with Crippen molar-refractivity contribution in [3.63, 3.8) is 0 Å². The lowest BCUT2D eigenvalue weighted by atomic mass is 9.76. The number of rotatable bonds is 8. The zero-order chi connectivity index (χ0) is 24.3. The van der Waals surface area contributed by atoms with Gasteiger partial charge in [-0.05, 0) is 52.5 Å². The SMILES string of the molecule is CC(=O)CC(C)(C)C(C)(C)SC(=O)[C@@H](NC(=O)OC(C)(C)C)C(C)(C)c1ccccc1. The van der Waals surface area contributed by atoms with Crippen molar-refractivity contribution in [2.24, 2.45) is 5.41 Å². The second-order valence-corrected chi connectivity index (χ2v) is 12.5. The minimum atomic E-state index is -0.817. The van der Waals surface area contributed by atoms with Crippen LogP contribution in [0.4, 0.5) is 4.79 Å². The summed E-state index contributed by atoms with van der Waals surface area (Å²) >= 11 is 1.18. The van der Waals surface area contributed by atoms with Crippen LogP contribution in [0.2, 0.25) is 0 Å². The van der Waals surface area contributed by atoms with E-state index in [1.54, 1.807) is 27.7 Å². The number of benzene rings is 1. The summed E-state index contributed by atoms with van der Waals surface area (Å²) in [7, 11) is 0. The van der Waals surface area contributed by atoms with Gasteiger partial charge in [0.1, 0.15) is 17.4 Å². The molecule has 0 fully saturated rings. The van der Waals surface area contributed by atoms with Crippen LogP contribution >= 0.6 is 11.8 Å². The van der Waals surface area contributed by atoms with Crippen LogP contribution in [0.1, 0.15) is 81.2 Å². The predicted octanol–water partition coefficient (Wildman–Crippen LogP) is 5.90. The monoisotopic (exact) mass is 449 g/mol. The number of hydrogen-bond acceptors (Lipinski definition) is 5. The van der Waals surface area contributed by atoms with Crippen molar-refractivity contribution in [3.05, 3.63) is 35.9 Å². The van der Waals surface area contributed by atoms with Crippen LogP contribution in [0.3, 0.4) is 0 Å². The van der Waals surface area contributed by atoms with Gasteiger partial charge in [-0.1, -0.05) is 69.8 Å². The third-order valence-corrected chi connectivity index (χ3v) is 7.31. The van der Waals surface area contributed by atoms with Crippen LogP contribution in [0.15, 0.2) is 30.3 Å². The smallest absolute Gasteiger partial charge is 0.408 e. The Morgan fingerprint density at radius 3 is 1.90 bits per heavy atom. The van der Waals surface area contributed by atoms with Crippen molar-refractivity contribution in [1.82, 2.24) is 5.32 Å². The molecule has 0 spiro atoms. The first kappa shape index (κ1) is 27.2. The zero-order valence-electron chi connectivity index (χ0n) is 20.7. The molecule has 1 aromatic rings. The predicted molar refractivity (Wildman–Crippen MR) is 128 cm³/mol. The molecule has 1 N–H and O–H groups in total. The number of carbonyl (C=O) groups is 3. The Bertz CT molecular complexity index is 791. The molecule has 5 nitrogen and oxygen atoms in total. The molecule has 0 bridgehead atoms. The first-order chi connectivity index (χ1) is 13.9. The molecule has 0 saturated heterocycles. The molecule has 0 aliphatic carbocycles. The molecule has 0 unspecified atom stereocenters. The van der Waals surface area contributed by atoms with E-state index in [1.165, 1.54) is 11.8 Å². The molecule has 0 aliphatic heterocycles. The van der Waals surface area contributed by atoms with Gasteiger partial charge in [-0.15, -0.1) is 0 Å². The molecule has 1 aromatic carbocycles. The maximum absolute atomic E-state index is 13.6. The van der Waals surface area contributed by atoms with E-state index >= 15 is 0 Å². The maximum Gasteiger partial charge on any atom is 0.408 e. The molecule has 31 heavy (non-hydrogen) atoms. The van der Waals surface area contributed by atoms with Gasteiger partial charge in [0, 0.05) is 16.6 Å². The van der Waals surface area contributed by atoms with Gasteiger partial charge in [0.25, 0.3) is 0 Å². The van der Waals surface area contributed by atoms with Crippen molar-refractivity contribution < 1.29 is 19.1 Å². The van der Waals surface area contributed by atoms with E-state index in [1.807, 2.05) is 71.9 Å². The quantitative estimate of drug-likeness (QED) is 0.535. The number of nitrogens with one attached hydrogen (secondary N) is 1. The summed E-state index contributed by atoms with van der Waals surface area (Å²) in [6.07, 6.45) is -0.261. The van der Waals surface area contributed by atoms with Gasteiger partial charge in [-0.2, -0.15) is 0 Å². The highest BCUT2D eigenvalue weighted by molar-refractivity contribution is 8.14. The van der Waals surface area contributed by atoms with Crippen LogP contribution in [-0.4, -0.2) is 33.4 Å². The number of carbonyl (C=O) groups excluding carboxylic acids is 3. The Morgan fingerprint density at radius 2 is 1.45 bits per heavy atom. The molecule has 0 heterocycles. The highest BCUT2D eigenvalue weighted by Gasteiger charge is 2.45. The summed E-state index contributed by atoms with van der Waals surface area (Å²) in [4.78, 5) is 38.0. The first-order valence-corrected chi connectivity index (χ1v) is 11.5. The van der Waals surface area contributed by atoms with Crippen molar-refractivity contribution in [2.45, 2.75) is 97.5 Å². The van der Waals surface area contributed by atoms with E-state index in [0.29, 0.717) is 6.42 Å². The average Bonchev–Trinajstić information content (AvgIpc) is 2.57. The Morgan fingerprint density at radius 1 is 0.935 bits per heavy atom. The second-order valence-electron chi connectivity index (χ2n) is 10.9. The largest absolute Gasteiger partial charge is 0.444 e. The Balaban J connectivity index is 3.28. The fourth-order valence-corrected chi connectivity index (χ4v) is 4.60. The molecular weight excluding hydrogens is 410 g/mol. The standard InChI is InChI=1S/C25H39NO4S/c1-17(27)16-23(5,6)25(9,10)31-20(28)19(26-21(29)30-22(2,3)4)24(7,8)18-14-12-11-13-15-18/h11-15,19H,16H2,1-10H3,(H,26,29)/t19-/m1/s1. The van der Waals surface area contributed by atoms with Gasteiger partial charge in [0.05, 0.1) is 0 Å². The van der Waals surface area contributed by atoms with E-state index in [9.17, 15) is 14.4 Å². The van der Waals surface area contributed by atoms with Crippen molar-refractivity contribution >= 4 is 28.8 Å². The number of thioether (sulfide) groups is 1. The molecule has 1 rings (SSSR count). The number of Topliss-reactive ketones (excluding diaryl/α,β-unsaturated/α-hetero) is 1. The average molecular weight is 450 g/mol. The number of alkyl carbamates (subject to hydrolysis) is 1. The molecule has 174 valence electrons. The summed E-state index contributed by atoms with van der Waals surface area (Å²) in [5.74, 6) is 0.0826. The molecule has 0 radical (unpaired) electrons. The minimum absolute atomic E-state index is 0.0826. The third kappa shape index (κ3) is 7.67. The highest BCUT2D eigenvalue weighted by atomic mass is 32.2. The first-order valence-electron chi connectivity index (χ1n) is 10.7. The van der Waals surface area contributed by atoms with Gasteiger partial charge in [-0.3, -0.25) is 4.79 Å². The molecule has 1 atom stereocenters. The van der Waals surface area contributed by atoms with E-state index < -0.39 is 33.3 Å².